The van der Waals surface area contributed by atoms with E-state index in [1.165, 1.54) is 0 Å². The summed E-state index contributed by atoms with van der Waals surface area (Å²) in [6, 6.07) is 8.30. The Hall–Kier alpha value is -1.59. The smallest absolute Gasteiger partial charge is 0.296 e. The lowest BCUT2D eigenvalue weighted by Crippen LogP contribution is -2.32. The number of hydrogen-bond donors (Lipinski definition) is 3. The zero-order valence-electron chi connectivity index (χ0n) is 8.16. The monoisotopic (exact) mass is 204 g/mol. The molecule has 1 aromatic heterocycles. The Labute approximate surface area is 86.9 Å². The molecule has 0 aliphatic carbocycles. The first-order valence-corrected chi connectivity index (χ1v) is 4.98. The van der Waals surface area contributed by atoms with Crippen molar-refractivity contribution in [2.75, 3.05) is 18.5 Å². The van der Waals surface area contributed by atoms with Gasteiger partial charge >= 0.3 is 0 Å². The third-order valence-electron chi connectivity index (χ3n) is 2.41. The van der Waals surface area contributed by atoms with Crippen molar-refractivity contribution in [3.8, 4) is 0 Å². The molecule has 1 saturated heterocycles. The molecule has 1 aliphatic heterocycles. The van der Waals surface area contributed by atoms with Crippen molar-refractivity contribution in [2.45, 2.75) is 6.17 Å². The Morgan fingerprint density at radius 1 is 1.40 bits per heavy atom. The molecule has 0 spiro atoms. The van der Waals surface area contributed by atoms with Gasteiger partial charge in [0.2, 0.25) is 0 Å². The van der Waals surface area contributed by atoms with Crippen molar-refractivity contribution in [3.63, 3.8) is 0 Å². The minimum Gasteiger partial charge on any atom is -0.424 e. The summed E-state index contributed by atoms with van der Waals surface area (Å²) in [7, 11) is 0. The van der Waals surface area contributed by atoms with E-state index in [1.54, 1.807) is 0 Å². The zero-order valence-corrected chi connectivity index (χ0v) is 8.16. The summed E-state index contributed by atoms with van der Waals surface area (Å²) in [5.41, 5.74) is 1.69. The summed E-state index contributed by atoms with van der Waals surface area (Å²) < 4.78 is 5.54. The number of hydrogen-bond acceptors (Lipinski definition) is 5. The average molecular weight is 204 g/mol. The van der Waals surface area contributed by atoms with E-state index in [4.69, 9.17) is 4.42 Å². The number of oxazole rings is 1. The van der Waals surface area contributed by atoms with Gasteiger partial charge in [-0.3, -0.25) is 5.32 Å². The molecular weight excluding hydrogens is 192 g/mol. The van der Waals surface area contributed by atoms with E-state index >= 15 is 0 Å². The molecule has 1 atom stereocenters. The van der Waals surface area contributed by atoms with Crippen LogP contribution in [-0.2, 0) is 0 Å². The fourth-order valence-electron chi connectivity index (χ4n) is 1.67. The van der Waals surface area contributed by atoms with E-state index in [0.29, 0.717) is 6.01 Å². The lowest BCUT2D eigenvalue weighted by atomic mass is 10.3. The van der Waals surface area contributed by atoms with E-state index in [1.807, 2.05) is 24.3 Å². The van der Waals surface area contributed by atoms with Crippen LogP contribution in [-0.4, -0.2) is 24.4 Å². The molecule has 0 amide bonds. The zero-order chi connectivity index (χ0) is 10.1. The third kappa shape index (κ3) is 1.67. The number of anilines is 1. The SMILES string of the molecule is c1ccc2oc(NC3CNCN3)nc2c1. The van der Waals surface area contributed by atoms with E-state index in [2.05, 4.69) is 20.9 Å². The summed E-state index contributed by atoms with van der Waals surface area (Å²) >= 11 is 0. The maximum Gasteiger partial charge on any atom is 0.296 e. The van der Waals surface area contributed by atoms with Crippen molar-refractivity contribution in [1.29, 1.82) is 0 Å². The van der Waals surface area contributed by atoms with Gasteiger partial charge in [0.25, 0.3) is 6.01 Å². The van der Waals surface area contributed by atoms with Gasteiger partial charge in [-0.05, 0) is 12.1 Å². The predicted octanol–water partition coefficient (Wildman–Crippen LogP) is 0.716. The molecule has 1 aliphatic rings. The molecule has 78 valence electrons. The molecule has 3 rings (SSSR count). The molecule has 2 heterocycles. The van der Waals surface area contributed by atoms with Gasteiger partial charge < -0.3 is 15.1 Å². The van der Waals surface area contributed by atoms with Crippen LogP contribution in [0.4, 0.5) is 6.01 Å². The van der Waals surface area contributed by atoms with Gasteiger partial charge in [-0.1, -0.05) is 12.1 Å². The minimum absolute atomic E-state index is 0.193. The van der Waals surface area contributed by atoms with Gasteiger partial charge in [-0.15, -0.1) is 0 Å². The number of benzene rings is 1. The summed E-state index contributed by atoms with van der Waals surface area (Å²) in [4.78, 5) is 4.33. The Morgan fingerprint density at radius 3 is 3.13 bits per heavy atom. The second-order valence-corrected chi connectivity index (χ2v) is 3.52. The molecule has 15 heavy (non-hydrogen) atoms. The molecule has 5 heteroatoms. The van der Waals surface area contributed by atoms with Crippen LogP contribution < -0.4 is 16.0 Å². The fourth-order valence-corrected chi connectivity index (χ4v) is 1.67. The molecule has 0 bridgehead atoms. The van der Waals surface area contributed by atoms with Crippen LogP contribution in [0.1, 0.15) is 0 Å². The lowest BCUT2D eigenvalue weighted by Gasteiger charge is -2.08. The number of rotatable bonds is 2. The van der Waals surface area contributed by atoms with Crippen molar-refractivity contribution in [1.82, 2.24) is 15.6 Å². The highest BCUT2D eigenvalue weighted by Gasteiger charge is 2.15. The maximum absolute atomic E-state index is 5.54. The Kier molecular flexibility index (Phi) is 2.04. The first-order chi connectivity index (χ1) is 7.42. The average Bonchev–Trinajstić information content (AvgIpc) is 2.86. The quantitative estimate of drug-likeness (QED) is 0.672. The number of fused-ring (bicyclic) bond motifs is 1. The van der Waals surface area contributed by atoms with E-state index in [-0.39, 0.29) is 6.17 Å². The number of aromatic nitrogens is 1. The Bertz CT molecular complexity index is 428. The standard InChI is InChI=1S/C10H12N4O/c1-2-4-8-7(3-1)13-10(15-8)14-9-5-11-6-12-9/h1-4,9,11-12H,5-6H2,(H,13,14). The van der Waals surface area contributed by atoms with Gasteiger partial charge in [0.05, 0.1) is 6.17 Å². The largest absolute Gasteiger partial charge is 0.424 e. The molecule has 3 N–H and O–H groups in total. The summed E-state index contributed by atoms with van der Waals surface area (Å²) in [5.74, 6) is 0. The van der Waals surface area contributed by atoms with Crippen molar-refractivity contribution < 1.29 is 4.42 Å². The van der Waals surface area contributed by atoms with E-state index in [9.17, 15) is 0 Å². The highest BCUT2D eigenvalue weighted by Crippen LogP contribution is 2.18. The highest BCUT2D eigenvalue weighted by molar-refractivity contribution is 5.74. The topological polar surface area (TPSA) is 62.1 Å². The van der Waals surface area contributed by atoms with Crippen LogP contribution in [0.2, 0.25) is 0 Å². The second kappa shape index (κ2) is 3.52. The summed E-state index contributed by atoms with van der Waals surface area (Å²) in [6.07, 6.45) is 0.193. The molecule has 5 nitrogen and oxygen atoms in total. The minimum atomic E-state index is 0.193. The van der Waals surface area contributed by atoms with Crippen LogP contribution in [0.5, 0.6) is 0 Å². The number of nitrogens with one attached hydrogen (secondary N) is 3. The number of nitrogens with zero attached hydrogens (tertiary/aromatic N) is 1. The molecule has 2 aromatic rings. The van der Waals surface area contributed by atoms with Gasteiger partial charge in [0, 0.05) is 13.2 Å². The second-order valence-electron chi connectivity index (χ2n) is 3.52. The van der Waals surface area contributed by atoms with Crippen molar-refractivity contribution >= 4 is 17.1 Å². The van der Waals surface area contributed by atoms with Gasteiger partial charge in [0.1, 0.15) is 5.52 Å². The van der Waals surface area contributed by atoms with Crippen LogP contribution in [0.15, 0.2) is 28.7 Å². The first kappa shape index (κ1) is 8.70. The number of para-hydroxylation sites is 2. The molecule has 0 radical (unpaired) electrons. The molecular formula is C10H12N4O. The molecule has 1 aromatic carbocycles. The van der Waals surface area contributed by atoms with Crippen LogP contribution in [0.3, 0.4) is 0 Å². The highest BCUT2D eigenvalue weighted by atomic mass is 16.4. The van der Waals surface area contributed by atoms with Crippen LogP contribution in [0.25, 0.3) is 11.1 Å². The summed E-state index contributed by atoms with van der Waals surface area (Å²) in [6.45, 7) is 1.69. The van der Waals surface area contributed by atoms with Crippen molar-refractivity contribution in [3.05, 3.63) is 24.3 Å². The van der Waals surface area contributed by atoms with E-state index < -0.39 is 0 Å². The first-order valence-electron chi connectivity index (χ1n) is 4.98. The molecule has 1 unspecified atom stereocenters. The molecule has 0 saturated carbocycles. The Balaban J connectivity index is 1.84. The van der Waals surface area contributed by atoms with Crippen molar-refractivity contribution in [2.24, 2.45) is 0 Å². The summed E-state index contributed by atoms with van der Waals surface area (Å²) in [5, 5.41) is 9.59. The normalized spacial score (nSPS) is 20.9. The third-order valence-corrected chi connectivity index (χ3v) is 2.41. The fraction of sp³-hybridized carbons (Fsp3) is 0.300. The van der Waals surface area contributed by atoms with Crippen LogP contribution in [0, 0.1) is 0 Å². The van der Waals surface area contributed by atoms with Gasteiger partial charge in [-0.2, -0.15) is 4.98 Å². The van der Waals surface area contributed by atoms with Gasteiger partial charge in [0.15, 0.2) is 5.58 Å². The van der Waals surface area contributed by atoms with Crippen LogP contribution >= 0.6 is 0 Å². The lowest BCUT2D eigenvalue weighted by molar-refractivity contribution is 0.586. The molecule has 1 fully saturated rings. The Morgan fingerprint density at radius 2 is 2.33 bits per heavy atom. The van der Waals surface area contributed by atoms with Gasteiger partial charge in [-0.25, -0.2) is 0 Å². The predicted molar refractivity (Wildman–Crippen MR) is 57.4 cm³/mol. The van der Waals surface area contributed by atoms with E-state index in [0.717, 1.165) is 24.3 Å². The maximum atomic E-state index is 5.54.